The Kier molecular flexibility index (Phi) is 31.9. The predicted octanol–water partition coefficient (Wildman–Crippen LogP) is 5.98. The van der Waals surface area contributed by atoms with Gasteiger partial charge in [-0.1, -0.05) is 117 Å². The van der Waals surface area contributed by atoms with Gasteiger partial charge in [-0.3, -0.25) is 14.4 Å². The number of hydrogen-bond acceptors (Lipinski definition) is 9. The highest BCUT2D eigenvalue weighted by atomic mass is 16.6. The van der Waals surface area contributed by atoms with Crippen LogP contribution in [0.2, 0.25) is 0 Å². The molecule has 0 spiro atoms. The number of carbonyl (C=O) groups excluding carboxylic acids is 4. The van der Waals surface area contributed by atoms with Gasteiger partial charge < -0.3 is 26.7 Å². The highest BCUT2D eigenvalue weighted by Gasteiger charge is 2.21. The number of hydrogen-bond donors (Lipinski definition) is 3. The van der Waals surface area contributed by atoms with Gasteiger partial charge in [-0.2, -0.15) is 0 Å². The Bertz CT molecular complexity index is 628. The monoisotopic (exact) mass is 571 g/mol. The average molecular weight is 572 g/mol. The zero-order valence-corrected chi connectivity index (χ0v) is 25.7. The molecule has 40 heavy (non-hydrogen) atoms. The smallest absolute Gasteiger partial charge is 0.330 e. The minimum atomic E-state index is -1.10. The maximum Gasteiger partial charge on any atom is 0.330 e. The standard InChI is InChI=1S/C29H53NO6.C2H8N2/c1-3-5-7-9-11-13-15-17-19-21-26(31)35-28(33)24-23-25(30)29(34)36-27(32)22-20-18-16-14-12-10-8-6-4-2;3-1-2-4/h25H,3-24,30H2,1-2H3;1-4H2. The minimum absolute atomic E-state index is 0.0334. The number of carbonyl (C=O) groups is 4. The Morgan fingerprint density at radius 3 is 1.20 bits per heavy atom. The highest BCUT2D eigenvalue weighted by molar-refractivity contribution is 5.89. The van der Waals surface area contributed by atoms with Gasteiger partial charge in [0.15, 0.2) is 0 Å². The summed E-state index contributed by atoms with van der Waals surface area (Å²) < 4.78 is 9.58. The van der Waals surface area contributed by atoms with Crippen molar-refractivity contribution in [1.82, 2.24) is 0 Å². The Morgan fingerprint density at radius 2 is 0.825 bits per heavy atom. The first-order chi connectivity index (χ1) is 19.3. The number of nitrogens with two attached hydrogens (primary N) is 3. The van der Waals surface area contributed by atoms with Crippen LogP contribution in [0, 0.1) is 0 Å². The van der Waals surface area contributed by atoms with Gasteiger partial charge >= 0.3 is 23.9 Å². The van der Waals surface area contributed by atoms with Gasteiger partial charge in [0.1, 0.15) is 6.04 Å². The molecule has 0 saturated carbocycles. The Hall–Kier alpha value is -1.84. The van der Waals surface area contributed by atoms with E-state index >= 15 is 0 Å². The molecule has 9 nitrogen and oxygen atoms in total. The van der Waals surface area contributed by atoms with Gasteiger partial charge in [0.05, 0.1) is 0 Å². The zero-order chi connectivity index (χ0) is 30.3. The molecule has 0 saturated heterocycles. The number of esters is 4. The number of rotatable bonds is 25. The molecule has 0 rings (SSSR count). The second-order valence-corrected chi connectivity index (χ2v) is 10.5. The van der Waals surface area contributed by atoms with Crippen molar-refractivity contribution in [3.63, 3.8) is 0 Å². The van der Waals surface area contributed by atoms with Crippen LogP contribution in [0.5, 0.6) is 0 Å². The normalized spacial score (nSPS) is 11.3. The molecule has 0 aromatic rings. The second-order valence-electron chi connectivity index (χ2n) is 10.5. The first-order valence-electron chi connectivity index (χ1n) is 16.0. The fraction of sp³-hybridized carbons (Fsp3) is 0.871. The predicted molar refractivity (Wildman–Crippen MR) is 161 cm³/mol. The summed E-state index contributed by atoms with van der Waals surface area (Å²) in [7, 11) is 0. The molecule has 0 aliphatic carbocycles. The van der Waals surface area contributed by atoms with E-state index in [1.165, 1.54) is 77.0 Å². The summed E-state index contributed by atoms with van der Waals surface area (Å²) in [6.45, 7) is 5.60. The molecule has 9 heteroatoms. The fourth-order valence-corrected chi connectivity index (χ4v) is 4.02. The number of ether oxygens (including phenoxy) is 2. The lowest BCUT2D eigenvalue weighted by atomic mass is 10.1. The van der Waals surface area contributed by atoms with Gasteiger partial charge in [0.2, 0.25) is 0 Å². The van der Waals surface area contributed by atoms with Gasteiger partial charge in [-0.05, 0) is 19.3 Å². The summed E-state index contributed by atoms with van der Waals surface area (Å²) in [6.07, 6.45) is 20.6. The molecule has 1 unspecified atom stereocenters. The van der Waals surface area contributed by atoms with Crippen LogP contribution in [0.3, 0.4) is 0 Å². The quantitative estimate of drug-likeness (QED) is 0.0679. The maximum absolute atomic E-state index is 12.0. The molecule has 0 aromatic heterocycles. The fourth-order valence-electron chi connectivity index (χ4n) is 4.02. The van der Waals surface area contributed by atoms with Crippen LogP contribution >= 0.6 is 0 Å². The van der Waals surface area contributed by atoms with Crippen molar-refractivity contribution < 1.29 is 28.7 Å². The maximum atomic E-state index is 12.0. The molecular formula is C31H61N3O6. The molecule has 0 bridgehead atoms. The lowest BCUT2D eigenvalue weighted by Crippen LogP contribution is -2.34. The molecule has 0 amide bonds. The van der Waals surface area contributed by atoms with Gasteiger partial charge in [-0.25, -0.2) is 4.79 Å². The molecular weight excluding hydrogens is 510 g/mol. The lowest BCUT2D eigenvalue weighted by molar-refractivity contribution is -0.160. The van der Waals surface area contributed by atoms with Gasteiger partial charge in [-0.15, -0.1) is 0 Å². The Morgan fingerprint density at radius 1 is 0.500 bits per heavy atom. The van der Waals surface area contributed by atoms with Crippen LogP contribution in [0.1, 0.15) is 155 Å². The third kappa shape index (κ3) is 30.7. The van der Waals surface area contributed by atoms with Crippen LogP contribution < -0.4 is 17.2 Å². The van der Waals surface area contributed by atoms with Crippen molar-refractivity contribution in [2.45, 2.75) is 161 Å². The van der Waals surface area contributed by atoms with Crippen molar-refractivity contribution in [1.29, 1.82) is 0 Å². The van der Waals surface area contributed by atoms with Crippen LogP contribution in [-0.4, -0.2) is 43.0 Å². The van der Waals surface area contributed by atoms with Crippen LogP contribution in [-0.2, 0) is 28.7 Å². The Balaban J connectivity index is 0. The van der Waals surface area contributed by atoms with Crippen LogP contribution in [0.15, 0.2) is 0 Å². The first-order valence-corrected chi connectivity index (χ1v) is 16.0. The SMILES string of the molecule is CCCCCCCCCCCC(=O)OC(=O)CCC(N)C(=O)OC(=O)CCCCCCCCCCC.NCCN. The Labute approximate surface area is 244 Å². The highest BCUT2D eigenvalue weighted by Crippen LogP contribution is 2.12. The summed E-state index contributed by atoms with van der Waals surface area (Å²) in [4.78, 5) is 47.4. The molecule has 1 atom stereocenters. The molecule has 0 aliphatic heterocycles. The summed E-state index contributed by atoms with van der Waals surface area (Å²) >= 11 is 0. The zero-order valence-electron chi connectivity index (χ0n) is 25.7. The third-order valence-corrected chi connectivity index (χ3v) is 6.54. The average Bonchev–Trinajstić information content (AvgIpc) is 2.94. The minimum Gasteiger partial charge on any atom is -0.393 e. The van der Waals surface area contributed by atoms with E-state index in [0.717, 1.165) is 25.7 Å². The molecule has 0 radical (unpaired) electrons. The summed E-state index contributed by atoms with van der Waals surface area (Å²) in [5.74, 6) is -2.68. The van der Waals surface area contributed by atoms with E-state index in [0.29, 0.717) is 25.9 Å². The molecule has 0 fully saturated rings. The summed E-state index contributed by atoms with van der Waals surface area (Å²) in [5.41, 5.74) is 15.5. The van der Waals surface area contributed by atoms with E-state index in [1.807, 2.05) is 0 Å². The van der Waals surface area contributed by atoms with E-state index in [-0.39, 0.29) is 25.7 Å². The van der Waals surface area contributed by atoms with Crippen molar-refractivity contribution in [2.24, 2.45) is 17.2 Å². The van der Waals surface area contributed by atoms with E-state index in [2.05, 4.69) is 13.8 Å². The van der Waals surface area contributed by atoms with Crippen LogP contribution in [0.25, 0.3) is 0 Å². The van der Waals surface area contributed by atoms with E-state index < -0.39 is 29.9 Å². The largest absolute Gasteiger partial charge is 0.393 e. The van der Waals surface area contributed by atoms with E-state index in [1.54, 1.807) is 0 Å². The summed E-state index contributed by atoms with van der Waals surface area (Å²) in [5, 5.41) is 0. The van der Waals surface area contributed by atoms with Crippen molar-refractivity contribution >= 4 is 23.9 Å². The van der Waals surface area contributed by atoms with Crippen molar-refractivity contribution in [2.75, 3.05) is 13.1 Å². The van der Waals surface area contributed by atoms with Crippen molar-refractivity contribution in [3.8, 4) is 0 Å². The number of unbranched alkanes of at least 4 members (excludes halogenated alkanes) is 16. The first kappa shape index (κ1) is 40.3. The molecule has 0 aliphatic rings. The van der Waals surface area contributed by atoms with Crippen molar-refractivity contribution in [3.05, 3.63) is 0 Å². The summed E-state index contributed by atoms with van der Waals surface area (Å²) in [6, 6.07) is -1.10. The van der Waals surface area contributed by atoms with E-state index in [9.17, 15) is 19.2 Å². The third-order valence-electron chi connectivity index (χ3n) is 6.54. The molecule has 236 valence electrons. The second kappa shape index (κ2) is 31.7. The van der Waals surface area contributed by atoms with Crippen LogP contribution in [0.4, 0.5) is 0 Å². The lowest BCUT2D eigenvalue weighted by Gasteiger charge is -2.10. The molecule has 0 aromatic carbocycles. The molecule has 6 N–H and O–H groups in total. The molecule has 0 heterocycles. The van der Waals surface area contributed by atoms with Gasteiger partial charge in [0, 0.05) is 32.4 Å². The topological polar surface area (TPSA) is 165 Å². The van der Waals surface area contributed by atoms with E-state index in [4.69, 9.17) is 26.7 Å². The van der Waals surface area contributed by atoms with Gasteiger partial charge in [0.25, 0.3) is 0 Å².